The number of ether oxygens (including phenoxy) is 1. The Morgan fingerprint density at radius 1 is 1.38 bits per heavy atom. The van der Waals surface area contributed by atoms with Gasteiger partial charge in [0.15, 0.2) is 5.16 Å². The Labute approximate surface area is 125 Å². The van der Waals surface area contributed by atoms with E-state index in [2.05, 4.69) is 10.2 Å². The van der Waals surface area contributed by atoms with Gasteiger partial charge in [-0.2, -0.15) is 0 Å². The maximum absolute atomic E-state index is 11.9. The van der Waals surface area contributed by atoms with Gasteiger partial charge in [-0.3, -0.25) is 9.36 Å². The molecule has 1 N–H and O–H groups in total. The fraction of sp³-hybridized carbons (Fsp3) is 0.357. The van der Waals surface area contributed by atoms with Gasteiger partial charge in [0.1, 0.15) is 11.4 Å². The van der Waals surface area contributed by atoms with Gasteiger partial charge in [-0.1, -0.05) is 42.1 Å². The standard InChI is InChI=1S/C14H15N3O3S/c1-9-7-11(12(18)20-9)21-14-16-15-13(19)17(14)8-10-5-3-2-4-6-10/h2-6,9,11H,7-8H2,1H3,(H,15,19)/t9-,11-/m1/s1. The van der Waals surface area contributed by atoms with Gasteiger partial charge in [0.25, 0.3) is 0 Å². The Morgan fingerprint density at radius 2 is 2.14 bits per heavy atom. The number of H-pyrrole nitrogens is 1. The zero-order valence-electron chi connectivity index (χ0n) is 11.5. The first kappa shape index (κ1) is 13.9. The van der Waals surface area contributed by atoms with Crippen LogP contribution >= 0.6 is 11.8 Å². The Hall–Kier alpha value is -2.02. The molecule has 6 nitrogen and oxygen atoms in total. The SMILES string of the molecule is C[C@@H]1C[C@@H](Sc2n[nH]c(=O)n2Cc2ccccc2)C(=O)O1. The highest BCUT2D eigenvalue weighted by Gasteiger charge is 2.34. The summed E-state index contributed by atoms with van der Waals surface area (Å²) in [6.45, 7) is 2.29. The molecule has 2 heterocycles. The van der Waals surface area contributed by atoms with Crippen molar-refractivity contribution in [2.24, 2.45) is 0 Å². The molecule has 2 aromatic rings. The third kappa shape index (κ3) is 3.02. The molecule has 0 spiro atoms. The molecule has 0 amide bonds. The molecule has 1 fully saturated rings. The molecule has 0 unspecified atom stereocenters. The summed E-state index contributed by atoms with van der Waals surface area (Å²) >= 11 is 1.28. The van der Waals surface area contributed by atoms with Crippen molar-refractivity contribution in [1.82, 2.24) is 14.8 Å². The number of carbonyl (C=O) groups is 1. The minimum absolute atomic E-state index is 0.0803. The molecule has 0 radical (unpaired) electrons. The zero-order chi connectivity index (χ0) is 14.8. The van der Waals surface area contributed by atoms with Gasteiger partial charge in [-0.15, -0.1) is 5.10 Å². The molecule has 1 aliphatic heterocycles. The molecule has 0 aliphatic carbocycles. The lowest BCUT2D eigenvalue weighted by molar-refractivity contribution is -0.140. The summed E-state index contributed by atoms with van der Waals surface area (Å²) in [5, 5.41) is 6.67. The lowest BCUT2D eigenvalue weighted by atomic mass is 10.2. The van der Waals surface area contributed by atoms with Crippen LogP contribution in [-0.2, 0) is 16.1 Å². The molecule has 0 bridgehead atoms. The van der Waals surface area contributed by atoms with Crippen LogP contribution in [0.3, 0.4) is 0 Å². The largest absolute Gasteiger partial charge is 0.462 e. The first-order valence-electron chi connectivity index (χ1n) is 6.70. The Kier molecular flexibility index (Phi) is 3.83. The molecule has 1 aromatic carbocycles. The van der Waals surface area contributed by atoms with Gasteiger partial charge in [-0.05, 0) is 12.5 Å². The monoisotopic (exact) mass is 305 g/mol. The van der Waals surface area contributed by atoms with Crippen LogP contribution < -0.4 is 5.69 Å². The summed E-state index contributed by atoms with van der Waals surface area (Å²) in [4.78, 5) is 23.6. The Morgan fingerprint density at radius 3 is 2.81 bits per heavy atom. The molecule has 1 saturated heterocycles. The number of thioether (sulfide) groups is 1. The van der Waals surface area contributed by atoms with Gasteiger partial charge in [0, 0.05) is 6.42 Å². The van der Waals surface area contributed by atoms with Crippen molar-refractivity contribution < 1.29 is 9.53 Å². The molecule has 1 aromatic heterocycles. The number of hydrogen-bond acceptors (Lipinski definition) is 5. The van der Waals surface area contributed by atoms with Crippen molar-refractivity contribution in [3.63, 3.8) is 0 Å². The molecule has 3 rings (SSSR count). The number of nitrogens with zero attached hydrogens (tertiary/aromatic N) is 2. The van der Waals surface area contributed by atoms with Crippen molar-refractivity contribution in [2.45, 2.75) is 36.4 Å². The maximum Gasteiger partial charge on any atom is 0.344 e. The van der Waals surface area contributed by atoms with Crippen LogP contribution in [0.5, 0.6) is 0 Å². The van der Waals surface area contributed by atoms with Crippen LogP contribution in [0, 0.1) is 0 Å². The van der Waals surface area contributed by atoms with Crippen LogP contribution in [-0.4, -0.2) is 32.1 Å². The van der Waals surface area contributed by atoms with Crippen LogP contribution in [0.2, 0.25) is 0 Å². The molecule has 1 aliphatic rings. The smallest absolute Gasteiger partial charge is 0.344 e. The van der Waals surface area contributed by atoms with Gasteiger partial charge in [-0.25, -0.2) is 9.89 Å². The lowest BCUT2D eigenvalue weighted by Crippen LogP contribution is -2.19. The van der Waals surface area contributed by atoms with Crippen molar-refractivity contribution in [1.29, 1.82) is 0 Å². The molecule has 0 saturated carbocycles. The first-order valence-corrected chi connectivity index (χ1v) is 7.57. The van der Waals surface area contributed by atoms with Crippen LogP contribution in [0.1, 0.15) is 18.9 Å². The molecular weight excluding hydrogens is 290 g/mol. The predicted octanol–water partition coefficient (Wildman–Crippen LogP) is 1.42. The summed E-state index contributed by atoms with van der Waals surface area (Å²) in [7, 11) is 0. The number of esters is 1. The number of nitrogens with one attached hydrogen (secondary N) is 1. The van der Waals surface area contributed by atoms with E-state index in [4.69, 9.17) is 4.74 Å². The second-order valence-electron chi connectivity index (χ2n) is 4.97. The van der Waals surface area contributed by atoms with Gasteiger partial charge in [0.05, 0.1) is 6.54 Å². The molecule has 21 heavy (non-hydrogen) atoms. The predicted molar refractivity (Wildman–Crippen MR) is 78.2 cm³/mol. The van der Waals surface area contributed by atoms with Crippen molar-refractivity contribution in [3.8, 4) is 0 Å². The van der Waals surface area contributed by atoms with Gasteiger partial charge < -0.3 is 4.74 Å². The molecule has 7 heteroatoms. The fourth-order valence-corrected chi connectivity index (χ4v) is 3.39. The highest BCUT2D eigenvalue weighted by atomic mass is 32.2. The number of rotatable bonds is 4. The number of hydrogen-bond donors (Lipinski definition) is 1. The number of benzene rings is 1. The summed E-state index contributed by atoms with van der Waals surface area (Å²) in [5.74, 6) is -0.241. The number of carbonyl (C=O) groups excluding carboxylic acids is 1. The van der Waals surface area contributed by atoms with Crippen molar-refractivity contribution >= 4 is 17.7 Å². The van der Waals surface area contributed by atoms with Crippen LogP contribution in [0.15, 0.2) is 40.3 Å². The topological polar surface area (TPSA) is 77.0 Å². The molecule has 2 atom stereocenters. The average Bonchev–Trinajstić information content (AvgIpc) is 2.96. The van der Waals surface area contributed by atoms with Gasteiger partial charge in [0.2, 0.25) is 0 Å². The van der Waals surface area contributed by atoms with Crippen LogP contribution in [0.25, 0.3) is 0 Å². The minimum Gasteiger partial charge on any atom is -0.462 e. The summed E-state index contributed by atoms with van der Waals surface area (Å²) in [5.41, 5.74) is 0.728. The fourth-order valence-electron chi connectivity index (χ4n) is 2.24. The average molecular weight is 305 g/mol. The zero-order valence-corrected chi connectivity index (χ0v) is 12.3. The van der Waals surface area contributed by atoms with E-state index in [0.717, 1.165) is 5.56 Å². The highest BCUT2D eigenvalue weighted by Crippen LogP contribution is 2.30. The van der Waals surface area contributed by atoms with Crippen molar-refractivity contribution in [3.05, 3.63) is 46.4 Å². The van der Waals surface area contributed by atoms with E-state index in [0.29, 0.717) is 18.1 Å². The Balaban J connectivity index is 1.81. The van der Waals surface area contributed by atoms with E-state index in [9.17, 15) is 9.59 Å². The van der Waals surface area contributed by atoms with Crippen molar-refractivity contribution in [2.75, 3.05) is 0 Å². The second kappa shape index (κ2) is 5.77. The normalized spacial score (nSPS) is 21.5. The number of aromatic nitrogens is 3. The highest BCUT2D eigenvalue weighted by molar-refractivity contribution is 8.00. The third-order valence-electron chi connectivity index (χ3n) is 3.28. The first-order chi connectivity index (χ1) is 10.1. The summed E-state index contributed by atoms with van der Waals surface area (Å²) < 4.78 is 6.66. The van der Waals surface area contributed by atoms with E-state index in [1.807, 2.05) is 37.3 Å². The quantitative estimate of drug-likeness (QED) is 0.864. The second-order valence-corrected chi connectivity index (χ2v) is 6.14. The van der Waals surface area contributed by atoms with E-state index in [1.165, 1.54) is 16.3 Å². The number of cyclic esters (lactones) is 1. The van der Waals surface area contributed by atoms with E-state index in [-0.39, 0.29) is 23.0 Å². The van der Waals surface area contributed by atoms with Crippen LogP contribution in [0.4, 0.5) is 0 Å². The third-order valence-corrected chi connectivity index (χ3v) is 4.47. The minimum atomic E-state index is -0.301. The number of aromatic amines is 1. The maximum atomic E-state index is 11.9. The molecule has 110 valence electrons. The van der Waals surface area contributed by atoms with Gasteiger partial charge >= 0.3 is 11.7 Å². The molecular formula is C14H15N3O3S. The Bertz CT molecular complexity index is 695. The van der Waals surface area contributed by atoms with E-state index in [1.54, 1.807) is 0 Å². The van der Waals surface area contributed by atoms with E-state index < -0.39 is 0 Å². The van der Waals surface area contributed by atoms with E-state index >= 15 is 0 Å². The summed E-state index contributed by atoms with van der Waals surface area (Å²) in [6.07, 6.45) is 0.554. The lowest BCUT2D eigenvalue weighted by Gasteiger charge is -2.07. The summed E-state index contributed by atoms with van der Waals surface area (Å²) in [6, 6.07) is 9.65.